The van der Waals surface area contributed by atoms with Gasteiger partial charge in [-0.05, 0) is 64.4 Å². The van der Waals surface area contributed by atoms with Gasteiger partial charge in [-0.25, -0.2) is 8.78 Å². The second kappa shape index (κ2) is 6.80. The minimum atomic E-state index is -0.601. The van der Waals surface area contributed by atoms with Gasteiger partial charge >= 0.3 is 0 Å². The van der Waals surface area contributed by atoms with Crippen LogP contribution in [0.4, 0.5) is 8.78 Å². The van der Waals surface area contributed by atoms with E-state index in [-0.39, 0.29) is 6.04 Å². The van der Waals surface area contributed by atoms with Gasteiger partial charge in [0.25, 0.3) is 0 Å². The van der Waals surface area contributed by atoms with Crippen molar-refractivity contribution in [1.29, 1.82) is 0 Å². The molecule has 0 aromatic heterocycles. The van der Waals surface area contributed by atoms with Gasteiger partial charge in [-0.2, -0.15) is 0 Å². The van der Waals surface area contributed by atoms with Crippen LogP contribution in [0.3, 0.4) is 0 Å². The normalized spacial score (nSPS) is 12.4. The summed E-state index contributed by atoms with van der Waals surface area (Å²) in [4.78, 5) is 0. The summed E-state index contributed by atoms with van der Waals surface area (Å²) in [5, 5.41) is 0.619. The van der Waals surface area contributed by atoms with Crippen LogP contribution < -0.4 is 11.3 Å². The van der Waals surface area contributed by atoms with Crippen LogP contribution in [0.5, 0.6) is 0 Å². The Kier molecular flexibility index (Phi) is 5.31. The van der Waals surface area contributed by atoms with Gasteiger partial charge < -0.3 is 0 Å². The topological polar surface area (TPSA) is 38.0 Å². The Morgan fingerprint density at radius 2 is 1.80 bits per heavy atom. The molecule has 3 N–H and O–H groups in total. The van der Waals surface area contributed by atoms with E-state index in [1.54, 1.807) is 6.07 Å². The number of hydrogen-bond acceptors (Lipinski definition) is 2. The number of rotatable bonds is 4. The van der Waals surface area contributed by atoms with E-state index in [1.807, 2.05) is 12.1 Å². The predicted octanol–water partition coefficient (Wildman–Crippen LogP) is 3.97. The van der Waals surface area contributed by atoms with Crippen molar-refractivity contribution >= 4 is 34.2 Å². The van der Waals surface area contributed by atoms with Crippen molar-refractivity contribution in [3.8, 4) is 0 Å². The fourth-order valence-electron chi connectivity index (χ4n) is 1.97. The lowest BCUT2D eigenvalue weighted by molar-refractivity contribution is 0.540. The molecular formula is C14H12ClF2IN2. The first-order valence-corrected chi connectivity index (χ1v) is 7.31. The summed E-state index contributed by atoms with van der Waals surface area (Å²) in [5.41, 5.74) is 4.04. The lowest BCUT2D eigenvalue weighted by Crippen LogP contribution is -2.29. The monoisotopic (exact) mass is 408 g/mol. The molecule has 0 aliphatic carbocycles. The van der Waals surface area contributed by atoms with Crippen LogP contribution in [-0.4, -0.2) is 0 Å². The molecule has 0 fully saturated rings. The molecule has 2 nitrogen and oxygen atoms in total. The maximum atomic E-state index is 13.2. The SMILES string of the molecule is NNC(Cc1cc(F)cc(F)c1)c1ccc(I)c(Cl)c1. The van der Waals surface area contributed by atoms with Gasteiger partial charge in [-0.1, -0.05) is 17.7 Å². The van der Waals surface area contributed by atoms with Gasteiger partial charge in [0.15, 0.2) is 0 Å². The summed E-state index contributed by atoms with van der Waals surface area (Å²) in [6, 6.07) is 8.71. The molecule has 106 valence electrons. The number of nitrogens with two attached hydrogens (primary N) is 1. The first kappa shape index (κ1) is 15.6. The molecule has 20 heavy (non-hydrogen) atoms. The number of hydrazine groups is 1. The van der Waals surface area contributed by atoms with Gasteiger partial charge in [-0.15, -0.1) is 0 Å². The van der Waals surface area contributed by atoms with Crippen LogP contribution >= 0.6 is 34.2 Å². The molecule has 0 amide bonds. The molecule has 1 atom stereocenters. The third-order valence-corrected chi connectivity index (χ3v) is 4.48. The van der Waals surface area contributed by atoms with Crippen LogP contribution in [0.25, 0.3) is 0 Å². The highest BCUT2D eigenvalue weighted by molar-refractivity contribution is 14.1. The van der Waals surface area contributed by atoms with E-state index in [0.29, 0.717) is 17.0 Å². The van der Waals surface area contributed by atoms with Crippen molar-refractivity contribution in [2.45, 2.75) is 12.5 Å². The van der Waals surface area contributed by atoms with Crippen molar-refractivity contribution in [3.05, 3.63) is 67.8 Å². The highest BCUT2D eigenvalue weighted by Gasteiger charge is 2.13. The molecule has 0 bridgehead atoms. The Hall–Kier alpha value is -0.760. The van der Waals surface area contributed by atoms with Crippen molar-refractivity contribution in [1.82, 2.24) is 5.43 Å². The Balaban J connectivity index is 2.26. The second-order valence-corrected chi connectivity index (χ2v) is 5.94. The fraction of sp³-hybridized carbons (Fsp3) is 0.143. The minimum Gasteiger partial charge on any atom is -0.271 e. The molecule has 0 radical (unpaired) electrons. The fourth-order valence-corrected chi connectivity index (χ4v) is 2.49. The van der Waals surface area contributed by atoms with E-state index in [0.717, 1.165) is 15.2 Å². The maximum Gasteiger partial charge on any atom is 0.126 e. The van der Waals surface area contributed by atoms with Crippen molar-refractivity contribution in [2.24, 2.45) is 5.84 Å². The van der Waals surface area contributed by atoms with Gasteiger partial charge in [0.1, 0.15) is 11.6 Å². The zero-order valence-electron chi connectivity index (χ0n) is 10.3. The summed E-state index contributed by atoms with van der Waals surface area (Å²) in [6.45, 7) is 0. The molecule has 0 saturated heterocycles. The first-order valence-electron chi connectivity index (χ1n) is 5.85. The first-order chi connectivity index (χ1) is 9.49. The molecule has 0 saturated carbocycles. The Labute approximate surface area is 134 Å². The van der Waals surface area contributed by atoms with Crippen molar-refractivity contribution < 1.29 is 8.78 Å². The van der Waals surface area contributed by atoms with Crippen LogP contribution in [0.1, 0.15) is 17.2 Å². The average molecular weight is 409 g/mol. The van der Waals surface area contributed by atoms with Crippen LogP contribution in [0, 0.1) is 15.2 Å². The molecule has 2 aromatic carbocycles. The Bertz CT molecular complexity index is 602. The largest absolute Gasteiger partial charge is 0.271 e. The summed E-state index contributed by atoms with van der Waals surface area (Å²) < 4.78 is 27.3. The minimum absolute atomic E-state index is 0.273. The van der Waals surface area contributed by atoms with Crippen LogP contribution in [0.15, 0.2) is 36.4 Å². The number of hydrogen-bond donors (Lipinski definition) is 2. The van der Waals surface area contributed by atoms with Crippen molar-refractivity contribution in [2.75, 3.05) is 0 Å². The van der Waals surface area contributed by atoms with Gasteiger partial charge in [0, 0.05) is 9.64 Å². The Morgan fingerprint density at radius 3 is 2.35 bits per heavy atom. The van der Waals surface area contributed by atoms with E-state index in [9.17, 15) is 8.78 Å². The molecule has 2 rings (SSSR count). The van der Waals surface area contributed by atoms with Crippen LogP contribution in [0.2, 0.25) is 5.02 Å². The lowest BCUT2D eigenvalue weighted by Gasteiger charge is -2.17. The summed E-state index contributed by atoms with van der Waals surface area (Å²) in [7, 11) is 0. The number of benzene rings is 2. The van der Waals surface area contributed by atoms with E-state index in [2.05, 4.69) is 28.0 Å². The van der Waals surface area contributed by atoms with Gasteiger partial charge in [0.05, 0.1) is 11.1 Å². The number of halogens is 4. The second-order valence-electron chi connectivity index (χ2n) is 4.37. The smallest absolute Gasteiger partial charge is 0.126 e. The zero-order chi connectivity index (χ0) is 14.7. The highest BCUT2D eigenvalue weighted by atomic mass is 127. The van der Waals surface area contributed by atoms with Gasteiger partial charge in [0.2, 0.25) is 0 Å². The zero-order valence-corrected chi connectivity index (χ0v) is 13.3. The Morgan fingerprint density at radius 1 is 1.15 bits per heavy atom. The number of nitrogens with one attached hydrogen (secondary N) is 1. The third-order valence-electron chi connectivity index (χ3n) is 2.91. The molecule has 0 heterocycles. The van der Waals surface area contributed by atoms with E-state index in [1.165, 1.54) is 12.1 Å². The molecule has 0 spiro atoms. The maximum absolute atomic E-state index is 13.2. The highest BCUT2D eigenvalue weighted by Crippen LogP contribution is 2.25. The lowest BCUT2D eigenvalue weighted by atomic mass is 9.99. The molecule has 0 aliphatic rings. The third kappa shape index (κ3) is 3.88. The van der Waals surface area contributed by atoms with Crippen LogP contribution in [-0.2, 0) is 6.42 Å². The molecular weight excluding hydrogens is 397 g/mol. The van der Waals surface area contributed by atoms with E-state index < -0.39 is 11.6 Å². The summed E-state index contributed by atoms with van der Waals surface area (Å²) >= 11 is 8.20. The summed E-state index contributed by atoms with van der Waals surface area (Å²) in [5.74, 6) is 4.33. The van der Waals surface area contributed by atoms with Gasteiger partial charge in [-0.3, -0.25) is 11.3 Å². The van der Waals surface area contributed by atoms with E-state index >= 15 is 0 Å². The summed E-state index contributed by atoms with van der Waals surface area (Å²) in [6.07, 6.45) is 0.363. The molecule has 6 heteroatoms. The van der Waals surface area contributed by atoms with Crippen molar-refractivity contribution in [3.63, 3.8) is 0 Å². The molecule has 2 aromatic rings. The predicted molar refractivity (Wildman–Crippen MR) is 84.3 cm³/mol. The quantitative estimate of drug-likeness (QED) is 0.456. The van der Waals surface area contributed by atoms with E-state index in [4.69, 9.17) is 17.4 Å². The average Bonchev–Trinajstić information content (AvgIpc) is 2.38. The molecule has 1 unspecified atom stereocenters. The standard InChI is InChI=1S/C14H12ClF2IN2/c15-12-6-9(1-2-13(12)18)14(20-19)5-8-3-10(16)7-11(17)4-8/h1-4,6-7,14,20H,5,19H2. The molecule has 0 aliphatic heterocycles.